The van der Waals surface area contributed by atoms with Crippen molar-refractivity contribution in [2.24, 2.45) is 0 Å². The fourth-order valence-electron chi connectivity index (χ4n) is 4.65. The van der Waals surface area contributed by atoms with E-state index in [0.717, 1.165) is 42.6 Å². The maximum absolute atomic E-state index is 13.2. The number of nitrogens with zero attached hydrogens (tertiary/aromatic N) is 3. The van der Waals surface area contributed by atoms with Crippen molar-refractivity contribution in [1.29, 1.82) is 0 Å². The lowest BCUT2D eigenvalue weighted by atomic mass is 9.92. The Bertz CT molecular complexity index is 1130. The van der Waals surface area contributed by atoms with E-state index in [2.05, 4.69) is 18.2 Å². The third-order valence-corrected chi connectivity index (χ3v) is 7.54. The molecule has 5 nitrogen and oxygen atoms in total. The number of fused-ring (bicyclic) bond motifs is 2. The first-order chi connectivity index (χ1) is 15.1. The van der Waals surface area contributed by atoms with E-state index in [1.807, 2.05) is 47.5 Å². The molecule has 6 heteroatoms. The van der Waals surface area contributed by atoms with Crippen molar-refractivity contribution in [3.05, 3.63) is 70.9 Å². The summed E-state index contributed by atoms with van der Waals surface area (Å²) in [5, 5.41) is 1.18. The first-order valence-corrected chi connectivity index (χ1v) is 11.6. The van der Waals surface area contributed by atoms with Gasteiger partial charge in [-0.15, -0.1) is 11.3 Å². The summed E-state index contributed by atoms with van der Waals surface area (Å²) in [6.45, 7) is 3.03. The topological polar surface area (TPSA) is 53.5 Å². The Morgan fingerprint density at radius 3 is 2.58 bits per heavy atom. The summed E-state index contributed by atoms with van der Waals surface area (Å²) in [7, 11) is 0. The number of thiazole rings is 1. The number of likely N-dealkylation sites (tertiary alicyclic amines) is 1. The maximum Gasteiger partial charge on any atom is 0.225 e. The minimum absolute atomic E-state index is 0.0434. The quantitative estimate of drug-likeness (QED) is 0.589. The Morgan fingerprint density at radius 2 is 1.81 bits per heavy atom. The molecule has 2 aromatic carbocycles. The van der Waals surface area contributed by atoms with Gasteiger partial charge >= 0.3 is 0 Å². The van der Waals surface area contributed by atoms with Crippen molar-refractivity contribution in [3.8, 4) is 0 Å². The molecule has 31 heavy (non-hydrogen) atoms. The summed E-state index contributed by atoms with van der Waals surface area (Å²) in [5.41, 5.74) is 3.18. The number of hydrogen-bond donors (Lipinski definition) is 0. The lowest BCUT2D eigenvalue weighted by molar-refractivity contribution is -0.135. The van der Waals surface area contributed by atoms with Gasteiger partial charge in [-0.2, -0.15) is 0 Å². The number of carbonyl (C=O) groups excluding carboxylic acids is 2. The van der Waals surface area contributed by atoms with Crippen LogP contribution in [0.5, 0.6) is 0 Å². The van der Waals surface area contributed by atoms with E-state index in [1.165, 1.54) is 9.71 Å². The number of para-hydroxylation sites is 1. The van der Waals surface area contributed by atoms with Crippen LogP contribution in [0.3, 0.4) is 0 Å². The molecule has 1 fully saturated rings. The number of hydrogen-bond acceptors (Lipinski definition) is 4. The van der Waals surface area contributed by atoms with Gasteiger partial charge in [-0.3, -0.25) is 9.59 Å². The monoisotopic (exact) mass is 431 g/mol. The number of rotatable bonds is 3. The molecule has 5 rings (SSSR count). The SMILES string of the molecule is CC(=O)N1C=Cc2ccccc2C1CC(=O)N1CCC(c2nc3ccccc3s2)CC1. The molecule has 0 bridgehead atoms. The van der Waals surface area contributed by atoms with Crippen LogP contribution in [0.2, 0.25) is 0 Å². The Hall–Kier alpha value is -2.99. The van der Waals surface area contributed by atoms with E-state index < -0.39 is 0 Å². The number of amides is 2. The molecular formula is C25H25N3O2S. The molecule has 0 spiro atoms. The second-order valence-electron chi connectivity index (χ2n) is 8.27. The number of carbonyl (C=O) groups is 2. The van der Waals surface area contributed by atoms with Crippen LogP contribution < -0.4 is 0 Å². The summed E-state index contributed by atoms with van der Waals surface area (Å²) in [6.07, 6.45) is 5.93. The van der Waals surface area contributed by atoms with Gasteiger partial charge in [0.25, 0.3) is 0 Å². The number of piperidine rings is 1. The van der Waals surface area contributed by atoms with Gasteiger partial charge in [0.05, 0.1) is 27.7 Å². The zero-order chi connectivity index (χ0) is 21.4. The molecule has 3 heterocycles. The van der Waals surface area contributed by atoms with Gasteiger partial charge in [0.1, 0.15) is 0 Å². The lowest BCUT2D eigenvalue weighted by Crippen LogP contribution is -2.41. The molecule has 1 atom stereocenters. The predicted molar refractivity (Wildman–Crippen MR) is 124 cm³/mol. The highest BCUT2D eigenvalue weighted by Crippen LogP contribution is 2.36. The molecule has 1 saturated heterocycles. The molecule has 1 unspecified atom stereocenters. The average Bonchev–Trinajstić information content (AvgIpc) is 3.23. The van der Waals surface area contributed by atoms with Gasteiger partial charge in [0.2, 0.25) is 11.8 Å². The summed E-state index contributed by atoms with van der Waals surface area (Å²) in [5.74, 6) is 0.482. The van der Waals surface area contributed by atoms with E-state index in [-0.39, 0.29) is 17.9 Å². The summed E-state index contributed by atoms with van der Waals surface area (Å²) >= 11 is 1.77. The summed E-state index contributed by atoms with van der Waals surface area (Å²) in [6, 6.07) is 16.0. The van der Waals surface area contributed by atoms with Gasteiger partial charge in [-0.1, -0.05) is 36.4 Å². The summed E-state index contributed by atoms with van der Waals surface area (Å²) in [4.78, 5) is 33.8. The zero-order valence-electron chi connectivity index (χ0n) is 17.5. The van der Waals surface area contributed by atoms with Crippen molar-refractivity contribution in [2.45, 2.75) is 38.1 Å². The second kappa shape index (κ2) is 8.27. The standard InChI is InChI=1S/C25H25N3O2S/c1-17(29)28-15-12-18-6-2-3-7-20(18)22(28)16-24(30)27-13-10-19(11-14-27)25-26-21-8-4-5-9-23(21)31-25/h2-9,12,15,19,22H,10-11,13-14,16H2,1H3. The van der Waals surface area contributed by atoms with Crippen LogP contribution in [0.4, 0.5) is 0 Å². The molecule has 1 aromatic heterocycles. The van der Waals surface area contributed by atoms with Crippen LogP contribution in [0.1, 0.15) is 54.3 Å². The van der Waals surface area contributed by atoms with Crippen LogP contribution in [-0.4, -0.2) is 39.7 Å². The Balaban J connectivity index is 1.27. The minimum atomic E-state index is -0.242. The molecule has 0 N–H and O–H groups in total. The van der Waals surface area contributed by atoms with Crippen LogP contribution in [0.25, 0.3) is 16.3 Å². The Kier molecular flexibility index (Phi) is 5.32. The highest BCUT2D eigenvalue weighted by atomic mass is 32.1. The molecule has 3 aromatic rings. The van der Waals surface area contributed by atoms with Crippen LogP contribution in [0.15, 0.2) is 54.7 Å². The third kappa shape index (κ3) is 3.88. The van der Waals surface area contributed by atoms with Gasteiger partial charge in [-0.05, 0) is 42.2 Å². The van der Waals surface area contributed by atoms with E-state index >= 15 is 0 Å². The van der Waals surface area contributed by atoms with Crippen molar-refractivity contribution in [1.82, 2.24) is 14.8 Å². The molecule has 2 amide bonds. The van der Waals surface area contributed by atoms with E-state index in [4.69, 9.17) is 4.98 Å². The average molecular weight is 432 g/mol. The Morgan fingerprint density at radius 1 is 1.06 bits per heavy atom. The molecule has 0 saturated carbocycles. The molecule has 2 aliphatic heterocycles. The van der Waals surface area contributed by atoms with Gasteiger partial charge in [0.15, 0.2) is 0 Å². The molecule has 0 aliphatic carbocycles. The highest BCUT2D eigenvalue weighted by Gasteiger charge is 2.32. The second-order valence-corrected chi connectivity index (χ2v) is 9.33. The molecular weight excluding hydrogens is 406 g/mol. The van der Waals surface area contributed by atoms with Crippen molar-refractivity contribution in [2.75, 3.05) is 13.1 Å². The molecule has 0 radical (unpaired) electrons. The van der Waals surface area contributed by atoms with Gasteiger partial charge < -0.3 is 9.80 Å². The number of benzene rings is 2. The van der Waals surface area contributed by atoms with Gasteiger partial charge in [-0.25, -0.2) is 4.98 Å². The molecule has 158 valence electrons. The fraction of sp³-hybridized carbons (Fsp3) is 0.320. The zero-order valence-corrected chi connectivity index (χ0v) is 18.3. The van der Waals surface area contributed by atoms with Crippen LogP contribution in [-0.2, 0) is 9.59 Å². The largest absolute Gasteiger partial charge is 0.343 e. The Labute approximate surface area is 186 Å². The predicted octanol–water partition coefficient (Wildman–Crippen LogP) is 4.97. The van der Waals surface area contributed by atoms with Gasteiger partial charge in [0, 0.05) is 32.1 Å². The highest BCUT2D eigenvalue weighted by molar-refractivity contribution is 7.18. The summed E-state index contributed by atoms with van der Waals surface area (Å²) < 4.78 is 1.23. The van der Waals surface area contributed by atoms with E-state index in [9.17, 15) is 9.59 Å². The maximum atomic E-state index is 13.2. The van der Waals surface area contributed by atoms with E-state index in [0.29, 0.717) is 12.3 Å². The first-order valence-electron chi connectivity index (χ1n) is 10.8. The van der Waals surface area contributed by atoms with Crippen molar-refractivity contribution >= 4 is 39.4 Å². The number of aromatic nitrogens is 1. The lowest BCUT2D eigenvalue weighted by Gasteiger charge is -2.36. The molecule has 2 aliphatic rings. The first kappa shape index (κ1) is 19.9. The van der Waals surface area contributed by atoms with Crippen molar-refractivity contribution in [3.63, 3.8) is 0 Å². The fourth-order valence-corrected chi connectivity index (χ4v) is 5.78. The normalized spacial score (nSPS) is 18.9. The van der Waals surface area contributed by atoms with Crippen LogP contribution >= 0.6 is 11.3 Å². The smallest absolute Gasteiger partial charge is 0.225 e. The van der Waals surface area contributed by atoms with Crippen molar-refractivity contribution < 1.29 is 9.59 Å². The third-order valence-electron chi connectivity index (χ3n) is 6.34. The van der Waals surface area contributed by atoms with E-state index in [1.54, 1.807) is 23.2 Å². The minimum Gasteiger partial charge on any atom is -0.343 e. The van der Waals surface area contributed by atoms with Crippen LogP contribution in [0, 0.1) is 0 Å².